The van der Waals surface area contributed by atoms with Crippen molar-refractivity contribution in [1.29, 1.82) is 0 Å². The first-order chi connectivity index (χ1) is 7.81. The van der Waals surface area contributed by atoms with E-state index in [2.05, 4.69) is 17.3 Å². The molecular weight excluding hydrogens is 222 g/mol. The quantitative estimate of drug-likeness (QED) is 0.539. The molecule has 0 aliphatic carbocycles. The molecule has 0 saturated heterocycles. The van der Waals surface area contributed by atoms with E-state index in [-0.39, 0.29) is 12.1 Å². The summed E-state index contributed by atoms with van der Waals surface area (Å²) < 4.78 is 5.73. The van der Waals surface area contributed by atoms with Crippen molar-refractivity contribution in [3.05, 3.63) is 16.6 Å². The molecule has 2 unspecified atom stereocenters. The maximum absolute atomic E-state index is 5.73. The fraction of sp³-hybridized carbons (Fsp3) is 0.727. The third-order valence-electron chi connectivity index (χ3n) is 2.52. The minimum atomic E-state index is 0.167. The summed E-state index contributed by atoms with van der Waals surface area (Å²) in [6.07, 6.45) is 5.09. The Kier molecular flexibility index (Phi) is 6.56. The van der Waals surface area contributed by atoms with Gasteiger partial charge in [-0.1, -0.05) is 13.3 Å². The summed E-state index contributed by atoms with van der Waals surface area (Å²) in [5.74, 6) is 5.61. The maximum Gasteiger partial charge on any atom is 0.0794 e. The second-order valence-corrected chi connectivity index (χ2v) is 4.70. The number of aromatic nitrogens is 1. The molecule has 1 rings (SSSR count). The average molecular weight is 243 g/mol. The molecule has 0 bridgehead atoms. The van der Waals surface area contributed by atoms with Crippen LogP contribution in [0.15, 0.2) is 11.7 Å². The standard InChI is InChI=1S/C11H21N3OS/c1-3-5-11(15-4-2)10(14-12)6-9-7-13-8-16-9/h7-8,10-11,14H,3-6,12H2,1-2H3. The number of nitrogens with one attached hydrogen (secondary N) is 1. The summed E-state index contributed by atoms with van der Waals surface area (Å²) in [7, 11) is 0. The SMILES string of the molecule is CCCC(OCC)C(Cc1cncs1)NN. The third-order valence-corrected chi connectivity index (χ3v) is 3.32. The Hall–Kier alpha value is -0.490. The van der Waals surface area contributed by atoms with Crippen LogP contribution in [0.2, 0.25) is 0 Å². The van der Waals surface area contributed by atoms with Crippen LogP contribution in [0.4, 0.5) is 0 Å². The molecule has 1 aromatic heterocycles. The Bertz CT molecular complexity index is 260. The van der Waals surface area contributed by atoms with Gasteiger partial charge >= 0.3 is 0 Å². The lowest BCUT2D eigenvalue weighted by Crippen LogP contribution is -2.46. The molecule has 0 radical (unpaired) electrons. The number of rotatable bonds is 8. The van der Waals surface area contributed by atoms with E-state index in [4.69, 9.17) is 10.6 Å². The highest BCUT2D eigenvalue weighted by molar-refractivity contribution is 7.09. The highest BCUT2D eigenvalue weighted by Gasteiger charge is 2.20. The summed E-state index contributed by atoms with van der Waals surface area (Å²) >= 11 is 1.66. The zero-order chi connectivity index (χ0) is 11.8. The van der Waals surface area contributed by atoms with Crippen molar-refractivity contribution in [3.8, 4) is 0 Å². The van der Waals surface area contributed by atoms with E-state index in [1.807, 2.05) is 18.6 Å². The number of hydrogen-bond acceptors (Lipinski definition) is 5. The van der Waals surface area contributed by atoms with E-state index in [1.165, 1.54) is 4.88 Å². The van der Waals surface area contributed by atoms with Gasteiger partial charge in [0.25, 0.3) is 0 Å². The first-order valence-electron chi connectivity index (χ1n) is 5.76. The molecule has 4 nitrogen and oxygen atoms in total. The van der Waals surface area contributed by atoms with E-state index in [1.54, 1.807) is 11.3 Å². The molecule has 0 saturated carbocycles. The smallest absolute Gasteiger partial charge is 0.0794 e. The number of hydrogen-bond donors (Lipinski definition) is 2. The number of ether oxygens (including phenoxy) is 1. The van der Waals surface area contributed by atoms with Gasteiger partial charge in [-0.2, -0.15) is 0 Å². The van der Waals surface area contributed by atoms with Gasteiger partial charge in [-0.3, -0.25) is 16.3 Å². The van der Waals surface area contributed by atoms with Gasteiger partial charge in [0.05, 0.1) is 17.7 Å². The van der Waals surface area contributed by atoms with Crippen LogP contribution < -0.4 is 11.3 Å². The minimum Gasteiger partial charge on any atom is -0.377 e. The van der Waals surface area contributed by atoms with Gasteiger partial charge in [0, 0.05) is 24.1 Å². The molecule has 0 aliphatic rings. The van der Waals surface area contributed by atoms with Gasteiger partial charge in [-0.25, -0.2) is 0 Å². The van der Waals surface area contributed by atoms with Crippen LogP contribution in [0.5, 0.6) is 0 Å². The second kappa shape index (κ2) is 7.73. The highest BCUT2D eigenvalue weighted by atomic mass is 32.1. The Morgan fingerprint density at radius 3 is 2.88 bits per heavy atom. The van der Waals surface area contributed by atoms with Crippen molar-refractivity contribution < 1.29 is 4.74 Å². The summed E-state index contributed by atoms with van der Waals surface area (Å²) in [4.78, 5) is 5.31. The van der Waals surface area contributed by atoms with E-state index in [9.17, 15) is 0 Å². The van der Waals surface area contributed by atoms with Crippen molar-refractivity contribution in [3.63, 3.8) is 0 Å². The van der Waals surface area contributed by atoms with E-state index < -0.39 is 0 Å². The Morgan fingerprint density at radius 2 is 2.38 bits per heavy atom. The number of nitrogens with two attached hydrogens (primary N) is 1. The lowest BCUT2D eigenvalue weighted by molar-refractivity contribution is 0.0283. The van der Waals surface area contributed by atoms with Gasteiger partial charge < -0.3 is 4.74 Å². The number of hydrazine groups is 1. The highest BCUT2D eigenvalue weighted by Crippen LogP contribution is 2.15. The molecule has 0 aromatic carbocycles. The number of nitrogens with zero attached hydrogens (tertiary/aromatic N) is 1. The molecule has 0 fully saturated rings. The molecule has 1 heterocycles. The fourth-order valence-electron chi connectivity index (χ4n) is 1.76. The van der Waals surface area contributed by atoms with Crippen LogP contribution in [0, 0.1) is 0 Å². The summed E-state index contributed by atoms with van der Waals surface area (Å²) in [5, 5.41) is 0. The molecule has 3 N–H and O–H groups in total. The number of thiazole rings is 1. The van der Waals surface area contributed by atoms with Crippen molar-refractivity contribution in [2.24, 2.45) is 5.84 Å². The predicted octanol–water partition coefficient (Wildman–Crippen LogP) is 1.72. The Balaban J connectivity index is 2.55. The molecule has 0 aliphatic heterocycles. The van der Waals surface area contributed by atoms with Crippen LogP contribution in [-0.4, -0.2) is 23.7 Å². The molecule has 16 heavy (non-hydrogen) atoms. The Labute approximate surface area is 101 Å². The van der Waals surface area contributed by atoms with Gasteiger partial charge in [-0.05, 0) is 13.3 Å². The zero-order valence-electron chi connectivity index (χ0n) is 9.98. The lowest BCUT2D eigenvalue weighted by atomic mass is 10.0. The van der Waals surface area contributed by atoms with Crippen LogP contribution in [0.1, 0.15) is 31.6 Å². The van der Waals surface area contributed by atoms with Crippen LogP contribution in [0.25, 0.3) is 0 Å². The van der Waals surface area contributed by atoms with Gasteiger partial charge in [-0.15, -0.1) is 11.3 Å². The monoisotopic (exact) mass is 243 g/mol. The predicted molar refractivity (Wildman–Crippen MR) is 67.3 cm³/mol. The lowest BCUT2D eigenvalue weighted by Gasteiger charge is -2.25. The van der Waals surface area contributed by atoms with E-state index in [0.29, 0.717) is 0 Å². The topological polar surface area (TPSA) is 60.2 Å². The van der Waals surface area contributed by atoms with Crippen molar-refractivity contribution in [2.45, 2.75) is 45.3 Å². The zero-order valence-corrected chi connectivity index (χ0v) is 10.8. The summed E-state index contributed by atoms with van der Waals surface area (Å²) in [5.41, 5.74) is 4.71. The molecule has 0 spiro atoms. The normalized spacial score (nSPS) is 14.9. The summed E-state index contributed by atoms with van der Waals surface area (Å²) in [6.45, 7) is 4.90. The molecule has 92 valence electrons. The first-order valence-corrected chi connectivity index (χ1v) is 6.64. The van der Waals surface area contributed by atoms with Crippen molar-refractivity contribution in [1.82, 2.24) is 10.4 Å². The van der Waals surface area contributed by atoms with Crippen LogP contribution in [0.3, 0.4) is 0 Å². The Morgan fingerprint density at radius 1 is 1.56 bits per heavy atom. The molecule has 1 aromatic rings. The second-order valence-electron chi connectivity index (χ2n) is 3.73. The van der Waals surface area contributed by atoms with E-state index >= 15 is 0 Å². The third kappa shape index (κ3) is 4.17. The van der Waals surface area contributed by atoms with Crippen LogP contribution >= 0.6 is 11.3 Å². The van der Waals surface area contributed by atoms with Crippen molar-refractivity contribution >= 4 is 11.3 Å². The fourth-order valence-corrected chi connectivity index (χ4v) is 2.41. The average Bonchev–Trinajstić information content (AvgIpc) is 2.78. The van der Waals surface area contributed by atoms with Crippen molar-refractivity contribution in [2.75, 3.05) is 6.61 Å². The minimum absolute atomic E-state index is 0.167. The molecule has 2 atom stereocenters. The largest absolute Gasteiger partial charge is 0.377 e. The van der Waals surface area contributed by atoms with Gasteiger partial charge in [0.15, 0.2) is 0 Å². The molecule has 0 amide bonds. The molecular formula is C11H21N3OS. The van der Waals surface area contributed by atoms with Gasteiger partial charge in [0.1, 0.15) is 0 Å². The molecule has 5 heteroatoms. The first kappa shape index (κ1) is 13.6. The maximum atomic E-state index is 5.73. The van der Waals surface area contributed by atoms with Crippen LogP contribution in [-0.2, 0) is 11.2 Å². The van der Waals surface area contributed by atoms with Gasteiger partial charge in [0.2, 0.25) is 0 Å². The summed E-state index contributed by atoms with van der Waals surface area (Å²) in [6, 6.07) is 0.167. The van der Waals surface area contributed by atoms with E-state index in [0.717, 1.165) is 25.9 Å².